The van der Waals surface area contributed by atoms with Gasteiger partial charge >= 0.3 is 0 Å². The molecular formula is C32H27FN2O4. The Bertz CT molecular complexity index is 1570. The number of halogens is 1. The molecule has 0 aliphatic rings. The summed E-state index contributed by atoms with van der Waals surface area (Å²) in [4.78, 5) is 12.0. The van der Waals surface area contributed by atoms with E-state index in [1.807, 2.05) is 73.7 Å². The first-order chi connectivity index (χ1) is 19.0. The molecule has 6 nitrogen and oxygen atoms in total. The van der Waals surface area contributed by atoms with E-state index in [9.17, 15) is 9.18 Å². The van der Waals surface area contributed by atoms with Gasteiger partial charge in [0, 0.05) is 17.2 Å². The maximum absolute atomic E-state index is 13.8. The van der Waals surface area contributed by atoms with Crippen molar-refractivity contribution < 1.29 is 23.2 Å². The predicted molar refractivity (Wildman–Crippen MR) is 147 cm³/mol. The number of hydrogen-bond donors (Lipinski definition) is 1. The molecule has 1 aromatic heterocycles. The lowest BCUT2D eigenvalue weighted by Crippen LogP contribution is -2.13. The van der Waals surface area contributed by atoms with Crippen LogP contribution in [0.3, 0.4) is 0 Å². The van der Waals surface area contributed by atoms with Crippen molar-refractivity contribution >= 4 is 5.91 Å². The number of carbonyl (C=O) groups excluding carboxylic acids is 1. The maximum atomic E-state index is 13.8. The third-order valence-electron chi connectivity index (χ3n) is 6.33. The molecule has 5 rings (SSSR count). The molecule has 4 aromatic carbocycles. The minimum atomic E-state index is -0.671. The minimum absolute atomic E-state index is 0.0780. The minimum Gasteiger partial charge on any atom is -0.488 e. The van der Waals surface area contributed by atoms with E-state index in [0.29, 0.717) is 53.6 Å². The maximum Gasteiger partial charge on any atom is 0.271 e. The highest BCUT2D eigenvalue weighted by atomic mass is 19.1. The lowest BCUT2D eigenvalue weighted by atomic mass is 9.97. The van der Waals surface area contributed by atoms with E-state index >= 15 is 0 Å². The number of hydrogen-bond acceptors (Lipinski definition) is 5. The third-order valence-corrected chi connectivity index (χ3v) is 6.33. The van der Waals surface area contributed by atoms with Crippen molar-refractivity contribution in [3.8, 4) is 33.9 Å². The fourth-order valence-electron chi connectivity index (χ4n) is 4.35. The van der Waals surface area contributed by atoms with E-state index in [1.165, 1.54) is 12.1 Å². The van der Waals surface area contributed by atoms with E-state index in [2.05, 4.69) is 5.16 Å². The van der Waals surface area contributed by atoms with Gasteiger partial charge < -0.3 is 19.7 Å². The second-order valence-corrected chi connectivity index (χ2v) is 8.96. The summed E-state index contributed by atoms with van der Waals surface area (Å²) in [6.07, 6.45) is 0.466. The number of nitrogens with two attached hydrogens (primary N) is 1. The van der Waals surface area contributed by atoms with E-state index in [1.54, 1.807) is 18.2 Å². The van der Waals surface area contributed by atoms with Crippen LogP contribution < -0.4 is 15.2 Å². The van der Waals surface area contributed by atoms with Gasteiger partial charge in [0.2, 0.25) is 0 Å². The topological polar surface area (TPSA) is 87.6 Å². The number of benzene rings is 4. The molecule has 1 amide bonds. The van der Waals surface area contributed by atoms with Crippen LogP contribution in [0.4, 0.5) is 4.39 Å². The van der Waals surface area contributed by atoms with Crippen LogP contribution in [0.1, 0.15) is 34.1 Å². The number of aromatic nitrogens is 1. The highest BCUT2D eigenvalue weighted by Crippen LogP contribution is 2.43. The summed E-state index contributed by atoms with van der Waals surface area (Å²) in [6.45, 7) is 2.51. The summed E-state index contributed by atoms with van der Waals surface area (Å²) < 4.78 is 32.1. The number of amides is 1. The van der Waals surface area contributed by atoms with Crippen molar-refractivity contribution in [3.05, 3.63) is 125 Å². The van der Waals surface area contributed by atoms with Crippen LogP contribution in [-0.2, 0) is 19.6 Å². The molecule has 196 valence electrons. The van der Waals surface area contributed by atoms with Gasteiger partial charge in [-0.1, -0.05) is 84.9 Å². The summed E-state index contributed by atoms with van der Waals surface area (Å²) in [6, 6.07) is 29.4. The largest absolute Gasteiger partial charge is 0.488 e. The molecule has 0 atom stereocenters. The fourth-order valence-corrected chi connectivity index (χ4v) is 4.35. The van der Waals surface area contributed by atoms with Gasteiger partial charge in [-0.05, 0) is 41.3 Å². The molecule has 0 saturated carbocycles. The number of rotatable bonds is 10. The summed E-state index contributed by atoms with van der Waals surface area (Å²) >= 11 is 0. The van der Waals surface area contributed by atoms with Crippen LogP contribution >= 0.6 is 0 Å². The molecule has 0 bridgehead atoms. The van der Waals surface area contributed by atoms with Gasteiger partial charge in [-0.15, -0.1) is 0 Å². The SMILES string of the molecule is CCc1c(C(N)=O)noc1-c1cc(-c2ccc(F)cc2)c(OCc2ccccc2)cc1OCc1ccccc1. The van der Waals surface area contributed by atoms with Crippen LogP contribution in [0, 0.1) is 5.82 Å². The molecule has 2 N–H and O–H groups in total. The summed E-state index contributed by atoms with van der Waals surface area (Å²) in [5.74, 6) is 0.394. The van der Waals surface area contributed by atoms with Crippen LogP contribution in [0.25, 0.3) is 22.5 Å². The quantitative estimate of drug-likeness (QED) is 0.214. The molecule has 1 heterocycles. The number of primary amides is 1. The third kappa shape index (κ3) is 5.83. The first-order valence-corrected chi connectivity index (χ1v) is 12.6. The Morgan fingerprint density at radius 1 is 0.821 bits per heavy atom. The van der Waals surface area contributed by atoms with Crippen molar-refractivity contribution in [2.45, 2.75) is 26.6 Å². The van der Waals surface area contributed by atoms with Crippen LogP contribution in [0.2, 0.25) is 0 Å². The molecule has 0 unspecified atom stereocenters. The molecule has 0 spiro atoms. The molecule has 0 aliphatic heterocycles. The van der Waals surface area contributed by atoms with Crippen LogP contribution in [-0.4, -0.2) is 11.1 Å². The Labute approximate surface area is 225 Å². The average molecular weight is 523 g/mol. The van der Waals surface area contributed by atoms with E-state index in [0.717, 1.165) is 16.7 Å². The van der Waals surface area contributed by atoms with Gasteiger partial charge in [-0.2, -0.15) is 0 Å². The van der Waals surface area contributed by atoms with Gasteiger partial charge in [0.15, 0.2) is 11.5 Å². The van der Waals surface area contributed by atoms with Crippen LogP contribution in [0.15, 0.2) is 102 Å². The number of carbonyl (C=O) groups is 1. The monoisotopic (exact) mass is 522 g/mol. The molecule has 0 fully saturated rings. The van der Waals surface area contributed by atoms with Gasteiger partial charge in [0.25, 0.3) is 5.91 Å². The lowest BCUT2D eigenvalue weighted by Gasteiger charge is -2.18. The van der Waals surface area contributed by atoms with Crippen molar-refractivity contribution in [3.63, 3.8) is 0 Å². The lowest BCUT2D eigenvalue weighted by molar-refractivity contribution is 0.0991. The normalized spacial score (nSPS) is 10.8. The van der Waals surface area contributed by atoms with Crippen molar-refractivity contribution in [1.82, 2.24) is 5.16 Å². The van der Waals surface area contributed by atoms with Crippen molar-refractivity contribution in [1.29, 1.82) is 0 Å². The Morgan fingerprint density at radius 2 is 1.38 bits per heavy atom. The first-order valence-electron chi connectivity index (χ1n) is 12.6. The molecule has 7 heteroatoms. The Morgan fingerprint density at radius 3 is 1.92 bits per heavy atom. The van der Waals surface area contributed by atoms with Gasteiger partial charge in [-0.25, -0.2) is 4.39 Å². The van der Waals surface area contributed by atoms with E-state index in [4.69, 9.17) is 19.7 Å². The van der Waals surface area contributed by atoms with E-state index in [-0.39, 0.29) is 11.5 Å². The average Bonchev–Trinajstić information content (AvgIpc) is 3.41. The van der Waals surface area contributed by atoms with Gasteiger partial charge in [-0.3, -0.25) is 4.79 Å². The standard InChI is InChI=1S/C32H27FN2O4/c1-2-25-30(32(34)36)35-39-31(25)27-17-26(23-13-15-24(33)16-14-23)28(37-19-21-9-5-3-6-10-21)18-29(27)38-20-22-11-7-4-8-12-22/h3-18H,2,19-20H2,1H3,(H2,34,36). The van der Waals surface area contributed by atoms with E-state index < -0.39 is 5.91 Å². The molecule has 39 heavy (non-hydrogen) atoms. The molecule has 5 aromatic rings. The highest BCUT2D eigenvalue weighted by Gasteiger charge is 2.25. The molecule has 0 radical (unpaired) electrons. The molecule has 0 saturated heterocycles. The summed E-state index contributed by atoms with van der Waals surface area (Å²) in [5, 5.41) is 3.95. The van der Waals surface area contributed by atoms with Crippen LogP contribution in [0.5, 0.6) is 11.5 Å². The summed E-state index contributed by atoms with van der Waals surface area (Å²) in [5.41, 5.74) is 10.2. The Kier molecular flexibility index (Phi) is 7.68. The zero-order valence-electron chi connectivity index (χ0n) is 21.4. The first kappa shape index (κ1) is 25.7. The van der Waals surface area contributed by atoms with Gasteiger partial charge in [0.05, 0.1) is 5.56 Å². The predicted octanol–water partition coefficient (Wildman–Crippen LogP) is 6.97. The van der Waals surface area contributed by atoms with Crippen molar-refractivity contribution in [2.24, 2.45) is 5.73 Å². The smallest absolute Gasteiger partial charge is 0.271 e. The fraction of sp³-hybridized carbons (Fsp3) is 0.125. The number of nitrogens with zero attached hydrogens (tertiary/aromatic N) is 1. The van der Waals surface area contributed by atoms with Gasteiger partial charge in [0.1, 0.15) is 30.5 Å². The zero-order chi connectivity index (χ0) is 27.2. The van der Waals surface area contributed by atoms with Crippen molar-refractivity contribution in [2.75, 3.05) is 0 Å². The molecular weight excluding hydrogens is 495 g/mol. The Hall–Kier alpha value is -4.91. The highest BCUT2D eigenvalue weighted by molar-refractivity contribution is 5.94. The summed E-state index contributed by atoms with van der Waals surface area (Å²) in [7, 11) is 0. The number of ether oxygens (including phenoxy) is 2. The second kappa shape index (κ2) is 11.6. The molecule has 0 aliphatic carbocycles. The zero-order valence-corrected chi connectivity index (χ0v) is 21.4. The Balaban J connectivity index is 1.65. The second-order valence-electron chi connectivity index (χ2n) is 8.96.